The Bertz CT molecular complexity index is 872. The van der Waals surface area contributed by atoms with Crippen LogP contribution < -0.4 is 0 Å². The zero-order chi connectivity index (χ0) is 18.0. The molecule has 0 amide bonds. The van der Waals surface area contributed by atoms with E-state index in [-0.39, 0.29) is 0 Å². The van der Waals surface area contributed by atoms with Crippen molar-refractivity contribution in [2.45, 2.75) is 40.2 Å². The maximum atomic E-state index is 6.12. The Morgan fingerprint density at radius 3 is 2.68 bits per heavy atom. The van der Waals surface area contributed by atoms with Crippen molar-refractivity contribution in [2.24, 2.45) is 5.92 Å². The Kier molecular flexibility index (Phi) is 5.39. The third-order valence-corrected chi connectivity index (χ3v) is 4.43. The van der Waals surface area contributed by atoms with Crippen LogP contribution in [0.1, 0.15) is 37.8 Å². The van der Waals surface area contributed by atoms with Crippen molar-refractivity contribution >= 4 is 23.2 Å². The summed E-state index contributed by atoms with van der Waals surface area (Å²) in [5, 5.41) is 9.42. The number of nitrogens with zero attached hydrogens (tertiary/aromatic N) is 5. The van der Waals surface area contributed by atoms with E-state index in [0.717, 1.165) is 24.2 Å². The first-order valence-electron chi connectivity index (χ1n) is 8.10. The Labute approximate surface area is 156 Å². The Hall–Kier alpha value is -1.92. The molecular formula is C17H19Cl2N5O. The zero-order valence-corrected chi connectivity index (χ0v) is 15.8. The first-order chi connectivity index (χ1) is 11.9. The fourth-order valence-electron chi connectivity index (χ4n) is 2.42. The number of hydrogen-bond acceptors (Lipinski definition) is 5. The first kappa shape index (κ1) is 17.9. The van der Waals surface area contributed by atoms with Gasteiger partial charge in [0.15, 0.2) is 11.6 Å². The normalized spacial score (nSPS) is 11.4. The second-order valence-corrected chi connectivity index (χ2v) is 7.12. The maximum absolute atomic E-state index is 6.12. The van der Waals surface area contributed by atoms with Gasteiger partial charge in [0.25, 0.3) is 0 Å². The van der Waals surface area contributed by atoms with Gasteiger partial charge >= 0.3 is 0 Å². The fraction of sp³-hybridized carbons (Fsp3) is 0.412. The Morgan fingerprint density at radius 2 is 1.96 bits per heavy atom. The molecule has 132 valence electrons. The number of benzene rings is 1. The van der Waals surface area contributed by atoms with Crippen LogP contribution in [0, 0.1) is 12.8 Å². The van der Waals surface area contributed by atoms with Gasteiger partial charge in [-0.3, -0.25) is 0 Å². The minimum atomic E-state index is 0.352. The molecule has 0 fully saturated rings. The average molecular weight is 380 g/mol. The maximum Gasteiger partial charge on any atom is 0.248 e. The van der Waals surface area contributed by atoms with E-state index in [0.29, 0.717) is 40.0 Å². The fourth-order valence-corrected chi connectivity index (χ4v) is 2.71. The van der Waals surface area contributed by atoms with Crippen LogP contribution in [-0.4, -0.2) is 24.9 Å². The number of aryl methyl sites for hydroxylation is 2. The van der Waals surface area contributed by atoms with Gasteiger partial charge in [-0.05, 0) is 37.5 Å². The van der Waals surface area contributed by atoms with Crippen LogP contribution in [0.3, 0.4) is 0 Å². The summed E-state index contributed by atoms with van der Waals surface area (Å²) in [6.45, 7) is 6.52. The SMILES string of the molecule is Cc1nc(-c2ccc(Cl)c(Cl)c2)n(Cc2nc(CCC(C)C)no2)n1. The summed E-state index contributed by atoms with van der Waals surface area (Å²) < 4.78 is 7.08. The van der Waals surface area contributed by atoms with Crippen LogP contribution in [0.5, 0.6) is 0 Å². The summed E-state index contributed by atoms with van der Waals surface area (Å²) in [5.41, 5.74) is 0.828. The van der Waals surface area contributed by atoms with Crippen LogP contribution >= 0.6 is 23.2 Å². The second kappa shape index (κ2) is 7.54. The highest BCUT2D eigenvalue weighted by Gasteiger charge is 2.15. The van der Waals surface area contributed by atoms with Crippen LogP contribution in [0.2, 0.25) is 10.0 Å². The quantitative estimate of drug-likeness (QED) is 0.626. The number of hydrogen-bond donors (Lipinski definition) is 0. The second-order valence-electron chi connectivity index (χ2n) is 6.31. The number of rotatable bonds is 6. The van der Waals surface area contributed by atoms with Crippen LogP contribution in [-0.2, 0) is 13.0 Å². The number of halogens is 2. The van der Waals surface area contributed by atoms with E-state index in [1.165, 1.54) is 0 Å². The predicted molar refractivity (Wildman–Crippen MR) is 96.8 cm³/mol. The molecule has 2 heterocycles. The summed E-state index contributed by atoms with van der Waals surface area (Å²) in [4.78, 5) is 8.91. The molecule has 0 N–H and O–H groups in total. The van der Waals surface area contributed by atoms with Crippen molar-refractivity contribution in [3.05, 3.63) is 45.8 Å². The summed E-state index contributed by atoms with van der Waals surface area (Å²) in [5.74, 6) is 3.15. The van der Waals surface area contributed by atoms with E-state index in [1.807, 2.05) is 13.0 Å². The zero-order valence-electron chi connectivity index (χ0n) is 14.3. The van der Waals surface area contributed by atoms with Gasteiger partial charge in [0.05, 0.1) is 10.0 Å². The lowest BCUT2D eigenvalue weighted by Gasteiger charge is -2.04. The largest absolute Gasteiger partial charge is 0.337 e. The van der Waals surface area contributed by atoms with Gasteiger partial charge in [-0.25, -0.2) is 9.67 Å². The van der Waals surface area contributed by atoms with Crippen molar-refractivity contribution in [3.63, 3.8) is 0 Å². The third kappa shape index (κ3) is 4.38. The molecule has 0 bridgehead atoms. The lowest BCUT2D eigenvalue weighted by atomic mass is 10.1. The molecule has 0 unspecified atom stereocenters. The highest BCUT2D eigenvalue weighted by atomic mass is 35.5. The van der Waals surface area contributed by atoms with E-state index >= 15 is 0 Å². The van der Waals surface area contributed by atoms with Crippen LogP contribution in [0.15, 0.2) is 22.7 Å². The molecule has 6 nitrogen and oxygen atoms in total. The topological polar surface area (TPSA) is 69.6 Å². The van der Waals surface area contributed by atoms with E-state index in [2.05, 4.69) is 34.1 Å². The van der Waals surface area contributed by atoms with Crippen molar-refractivity contribution < 1.29 is 4.52 Å². The molecule has 0 radical (unpaired) electrons. The van der Waals surface area contributed by atoms with E-state index in [1.54, 1.807) is 16.8 Å². The third-order valence-electron chi connectivity index (χ3n) is 3.70. The van der Waals surface area contributed by atoms with Gasteiger partial charge in [0, 0.05) is 12.0 Å². The van der Waals surface area contributed by atoms with Crippen molar-refractivity contribution in [1.29, 1.82) is 0 Å². The monoisotopic (exact) mass is 379 g/mol. The smallest absolute Gasteiger partial charge is 0.248 e. The number of aromatic nitrogens is 5. The standard InChI is InChI=1S/C17H19Cl2N5O/c1-10(2)4-7-15-21-16(25-23-15)9-24-17(20-11(3)22-24)12-5-6-13(18)14(19)8-12/h5-6,8,10H,4,7,9H2,1-3H3. The molecule has 3 rings (SSSR count). The first-order valence-corrected chi connectivity index (χ1v) is 8.86. The lowest BCUT2D eigenvalue weighted by Crippen LogP contribution is -2.05. The van der Waals surface area contributed by atoms with Gasteiger partial charge in [-0.2, -0.15) is 10.1 Å². The van der Waals surface area contributed by atoms with Gasteiger partial charge in [0.2, 0.25) is 5.89 Å². The summed E-state index contributed by atoms with van der Waals surface area (Å²) >= 11 is 12.1. The molecule has 0 aliphatic rings. The molecular weight excluding hydrogens is 361 g/mol. The minimum Gasteiger partial charge on any atom is -0.337 e. The van der Waals surface area contributed by atoms with E-state index in [9.17, 15) is 0 Å². The molecule has 8 heteroatoms. The van der Waals surface area contributed by atoms with Crippen molar-refractivity contribution in [3.8, 4) is 11.4 Å². The highest BCUT2D eigenvalue weighted by Crippen LogP contribution is 2.28. The lowest BCUT2D eigenvalue weighted by molar-refractivity contribution is 0.360. The van der Waals surface area contributed by atoms with Crippen LogP contribution in [0.25, 0.3) is 11.4 Å². The molecule has 0 saturated heterocycles. The highest BCUT2D eigenvalue weighted by molar-refractivity contribution is 6.42. The van der Waals surface area contributed by atoms with E-state index < -0.39 is 0 Å². The summed E-state index contributed by atoms with van der Waals surface area (Å²) in [6, 6.07) is 5.37. The average Bonchev–Trinajstić information content (AvgIpc) is 3.15. The molecule has 1 aromatic carbocycles. The predicted octanol–water partition coefficient (Wildman–Crippen LogP) is 4.58. The molecule has 0 saturated carbocycles. The van der Waals surface area contributed by atoms with Gasteiger partial charge < -0.3 is 4.52 Å². The summed E-state index contributed by atoms with van der Waals surface area (Å²) in [7, 11) is 0. The summed E-state index contributed by atoms with van der Waals surface area (Å²) in [6.07, 6.45) is 1.83. The minimum absolute atomic E-state index is 0.352. The Balaban J connectivity index is 1.82. The molecule has 0 aliphatic heterocycles. The molecule has 25 heavy (non-hydrogen) atoms. The van der Waals surface area contributed by atoms with Gasteiger partial charge in [-0.15, -0.1) is 0 Å². The molecule has 3 aromatic rings. The van der Waals surface area contributed by atoms with Gasteiger partial charge in [-0.1, -0.05) is 42.2 Å². The molecule has 0 aliphatic carbocycles. The molecule has 2 aromatic heterocycles. The van der Waals surface area contributed by atoms with Crippen molar-refractivity contribution in [1.82, 2.24) is 24.9 Å². The Morgan fingerprint density at radius 1 is 1.16 bits per heavy atom. The molecule has 0 spiro atoms. The van der Waals surface area contributed by atoms with Crippen LogP contribution in [0.4, 0.5) is 0 Å². The van der Waals surface area contributed by atoms with Gasteiger partial charge in [0.1, 0.15) is 12.4 Å². The van der Waals surface area contributed by atoms with Crippen molar-refractivity contribution in [2.75, 3.05) is 0 Å². The van der Waals surface area contributed by atoms with E-state index in [4.69, 9.17) is 27.7 Å². The molecule has 0 atom stereocenters.